The lowest BCUT2D eigenvalue weighted by atomic mass is 10.1. The molecule has 0 aliphatic rings. The van der Waals surface area contributed by atoms with E-state index < -0.39 is 6.10 Å². The normalized spacial score (nSPS) is 11.9. The number of hydrogen-bond donors (Lipinski definition) is 1. The van der Waals surface area contributed by atoms with E-state index in [0.29, 0.717) is 28.9 Å². The van der Waals surface area contributed by atoms with E-state index >= 15 is 0 Å². The van der Waals surface area contributed by atoms with Crippen LogP contribution in [0.4, 0.5) is 0 Å². The molecule has 7 heteroatoms. The van der Waals surface area contributed by atoms with Gasteiger partial charge < -0.3 is 14.4 Å². The molecule has 0 aliphatic carbocycles. The van der Waals surface area contributed by atoms with Crippen LogP contribution in [0.3, 0.4) is 0 Å². The number of nitrogens with zero attached hydrogens (tertiary/aromatic N) is 5. The topological polar surface area (TPSA) is 88.2 Å². The Morgan fingerprint density at radius 3 is 2.44 bits per heavy atom. The molecule has 0 saturated carbocycles. The Labute approximate surface area is 187 Å². The van der Waals surface area contributed by atoms with Crippen molar-refractivity contribution in [2.45, 2.75) is 20.0 Å². The summed E-state index contributed by atoms with van der Waals surface area (Å²) in [6.45, 7) is 7.66. The molecule has 0 fully saturated rings. The predicted molar refractivity (Wildman–Crippen MR) is 124 cm³/mol. The average molecular weight is 428 g/mol. The highest BCUT2D eigenvalue weighted by Crippen LogP contribution is 2.28. The van der Waals surface area contributed by atoms with Crippen LogP contribution in [-0.4, -0.2) is 44.3 Å². The van der Waals surface area contributed by atoms with Crippen LogP contribution in [0.1, 0.15) is 29.8 Å². The summed E-state index contributed by atoms with van der Waals surface area (Å²) in [5.41, 5.74) is 6.36. The Hall–Kier alpha value is -3.84. The first-order chi connectivity index (χ1) is 15.3. The van der Waals surface area contributed by atoms with Crippen LogP contribution in [0.25, 0.3) is 40.0 Å². The minimum atomic E-state index is -0.580. The SMILES string of the molecule is C=C(c1ccc(-c2cnc(C)c(-c3nnc(-c4cccc(C(C)O)c4)o3)n2)cc1)N(C)C. The number of benzene rings is 2. The molecule has 0 radical (unpaired) electrons. The predicted octanol–water partition coefficient (Wildman–Crippen LogP) is 4.75. The highest BCUT2D eigenvalue weighted by molar-refractivity contribution is 5.68. The molecule has 1 atom stereocenters. The van der Waals surface area contributed by atoms with Gasteiger partial charge >= 0.3 is 0 Å². The lowest BCUT2D eigenvalue weighted by molar-refractivity contribution is 0.199. The molecular formula is C25H25N5O2. The lowest BCUT2D eigenvalue weighted by Gasteiger charge is -2.16. The maximum Gasteiger partial charge on any atom is 0.268 e. The molecule has 0 bridgehead atoms. The van der Waals surface area contributed by atoms with Gasteiger partial charge in [0.05, 0.1) is 23.7 Å². The van der Waals surface area contributed by atoms with Crippen LogP contribution in [0.5, 0.6) is 0 Å². The van der Waals surface area contributed by atoms with Gasteiger partial charge in [0, 0.05) is 30.9 Å². The van der Waals surface area contributed by atoms with E-state index in [1.807, 2.05) is 74.4 Å². The number of aliphatic hydroxyl groups excluding tert-OH is 1. The fraction of sp³-hybridized carbons (Fsp3) is 0.200. The smallest absolute Gasteiger partial charge is 0.268 e. The Balaban J connectivity index is 1.66. The minimum absolute atomic E-state index is 0.298. The maximum atomic E-state index is 9.84. The van der Waals surface area contributed by atoms with Crippen LogP contribution in [0, 0.1) is 6.92 Å². The van der Waals surface area contributed by atoms with Gasteiger partial charge in [0.2, 0.25) is 5.89 Å². The summed E-state index contributed by atoms with van der Waals surface area (Å²) in [4.78, 5) is 11.2. The summed E-state index contributed by atoms with van der Waals surface area (Å²) >= 11 is 0. The number of aryl methyl sites for hydroxylation is 1. The van der Waals surface area contributed by atoms with Gasteiger partial charge in [-0.2, -0.15) is 0 Å². The molecule has 32 heavy (non-hydrogen) atoms. The zero-order chi connectivity index (χ0) is 22.8. The first-order valence-corrected chi connectivity index (χ1v) is 10.3. The standard InChI is InChI=1S/C25H25N5O2/c1-15-23(25-29-28-24(32-25)21-8-6-7-20(13-21)17(3)31)27-22(14-26-15)19-11-9-18(10-12-19)16(2)30(4)5/h6-14,17,31H,2H2,1,3-5H3. The zero-order valence-electron chi connectivity index (χ0n) is 18.6. The average Bonchev–Trinajstić information content (AvgIpc) is 3.29. The molecule has 1 N–H and O–H groups in total. The van der Waals surface area contributed by atoms with E-state index in [2.05, 4.69) is 21.8 Å². The summed E-state index contributed by atoms with van der Waals surface area (Å²) in [7, 11) is 3.93. The third-order valence-corrected chi connectivity index (χ3v) is 5.25. The summed E-state index contributed by atoms with van der Waals surface area (Å²) in [5, 5.41) is 18.2. The van der Waals surface area contributed by atoms with E-state index in [9.17, 15) is 5.11 Å². The van der Waals surface area contributed by atoms with E-state index in [4.69, 9.17) is 9.40 Å². The Morgan fingerprint density at radius 1 is 1.03 bits per heavy atom. The van der Waals surface area contributed by atoms with Crippen molar-refractivity contribution >= 4 is 5.70 Å². The Kier molecular flexibility index (Phi) is 5.83. The molecule has 0 spiro atoms. The highest BCUT2D eigenvalue weighted by atomic mass is 16.4. The van der Waals surface area contributed by atoms with Crippen molar-refractivity contribution in [1.82, 2.24) is 25.1 Å². The molecule has 4 rings (SSSR count). The molecule has 0 amide bonds. The molecular weight excluding hydrogens is 402 g/mol. The second-order valence-electron chi connectivity index (χ2n) is 7.82. The molecule has 2 heterocycles. The van der Waals surface area contributed by atoms with Gasteiger partial charge in [-0.1, -0.05) is 43.0 Å². The van der Waals surface area contributed by atoms with Crippen molar-refractivity contribution in [3.63, 3.8) is 0 Å². The summed E-state index contributed by atoms with van der Waals surface area (Å²) in [6.07, 6.45) is 1.15. The molecule has 4 aromatic rings. The van der Waals surface area contributed by atoms with E-state index in [1.54, 1.807) is 13.1 Å². The van der Waals surface area contributed by atoms with Gasteiger partial charge in [-0.3, -0.25) is 4.98 Å². The summed E-state index contributed by atoms with van der Waals surface area (Å²) in [5.74, 6) is 0.660. The van der Waals surface area contributed by atoms with Gasteiger partial charge in [0.25, 0.3) is 5.89 Å². The molecule has 0 saturated heterocycles. The maximum absolute atomic E-state index is 9.84. The van der Waals surface area contributed by atoms with Gasteiger partial charge in [-0.15, -0.1) is 10.2 Å². The van der Waals surface area contributed by atoms with Crippen molar-refractivity contribution in [1.29, 1.82) is 0 Å². The quantitative estimate of drug-likeness (QED) is 0.475. The van der Waals surface area contributed by atoms with E-state index in [0.717, 1.165) is 28.0 Å². The number of hydrogen-bond acceptors (Lipinski definition) is 7. The van der Waals surface area contributed by atoms with Crippen molar-refractivity contribution in [2.24, 2.45) is 0 Å². The van der Waals surface area contributed by atoms with Gasteiger partial charge in [-0.05, 0) is 37.1 Å². The van der Waals surface area contributed by atoms with Crippen LogP contribution in [0.2, 0.25) is 0 Å². The largest absolute Gasteiger partial charge is 0.415 e. The fourth-order valence-corrected chi connectivity index (χ4v) is 3.25. The third-order valence-electron chi connectivity index (χ3n) is 5.25. The van der Waals surface area contributed by atoms with Crippen LogP contribution < -0.4 is 0 Å². The summed E-state index contributed by atoms with van der Waals surface area (Å²) in [6, 6.07) is 15.4. The Morgan fingerprint density at radius 2 is 1.75 bits per heavy atom. The molecule has 2 aromatic heterocycles. The highest BCUT2D eigenvalue weighted by Gasteiger charge is 2.17. The molecule has 162 valence electrons. The molecule has 7 nitrogen and oxygen atoms in total. The second-order valence-corrected chi connectivity index (χ2v) is 7.82. The van der Waals surface area contributed by atoms with Gasteiger partial charge in [0.15, 0.2) is 0 Å². The van der Waals surface area contributed by atoms with Crippen molar-refractivity contribution in [2.75, 3.05) is 14.1 Å². The van der Waals surface area contributed by atoms with E-state index in [-0.39, 0.29) is 0 Å². The van der Waals surface area contributed by atoms with Crippen molar-refractivity contribution < 1.29 is 9.52 Å². The summed E-state index contributed by atoms with van der Waals surface area (Å²) < 4.78 is 5.92. The van der Waals surface area contributed by atoms with Crippen LogP contribution >= 0.6 is 0 Å². The van der Waals surface area contributed by atoms with Gasteiger partial charge in [0.1, 0.15) is 5.69 Å². The first-order valence-electron chi connectivity index (χ1n) is 10.3. The number of aliphatic hydroxyl groups is 1. The number of rotatable bonds is 6. The minimum Gasteiger partial charge on any atom is -0.415 e. The van der Waals surface area contributed by atoms with Crippen molar-refractivity contribution in [3.05, 3.63) is 78.1 Å². The van der Waals surface area contributed by atoms with E-state index in [1.165, 1.54) is 0 Å². The third kappa shape index (κ3) is 4.29. The monoisotopic (exact) mass is 427 g/mol. The van der Waals surface area contributed by atoms with Gasteiger partial charge in [-0.25, -0.2) is 4.98 Å². The number of aromatic nitrogens is 4. The van der Waals surface area contributed by atoms with Crippen LogP contribution in [-0.2, 0) is 0 Å². The van der Waals surface area contributed by atoms with Crippen molar-refractivity contribution in [3.8, 4) is 34.3 Å². The Bertz CT molecular complexity index is 1260. The first kappa shape index (κ1) is 21.4. The zero-order valence-corrected chi connectivity index (χ0v) is 18.6. The van der Waals surface area contributed by atoms with Crippen LogP contribution in [0.15, 0.2) is 65.7 Å². The molecule has 2 aromatic carbocycles. The molecule has 1 unspecified atom stereocenters. The molecule has 0 aliphatic heterocycles. The lowest BCUT2D eigenvalue weighted by Crippen LogP contribution is -2.08. The fourth-order valence-electron chi connectivity index (χ4n) is 3.25. The second kappa shape index (κ2) is 8.72.